The molecule has 1 aromatic carbocycles. The monoisotopic (exact) mass is 271 g/mol. The van der Waals surface area contributed by atoms with Crippen molar-refractivity contribution in [1.82, 2.24) is 4.90 Å². The van der Waals surface area contributed by atoms with Gasteiger partial charge in [-0.2, -0.15) is 0 Å². The molecule has 0 saturated carbocycles. The van der Waals surface area contributed by atoms with E-state index >= 15 is 0 Å². The molecule has 0 aliphatic rings. The highest BCUT2D eigenvalue weighted by Gasteiger charge is 2.20. The van der Waals surface area contributed by atoms with Crippen LogP contribution in [0.4, 0.5) is 8.78 Å². The van der Waals surface area contributed by atoms with Crippen molar-refractivity contribution in [2.45, 2.75) is 39.3 Å². The van der Waals surface area contributed by atoms with Crippen molar-refractivity contribution < 1.29 is 18.7 Å². The standard InChI is InChI=1S/C14H19F2NO2/c1-9(2)17(8-10(3)18)14(19)7-11-6-12(15)4-5-13(11)16/h4-6,9-10,18H,7-8H2,1-3H3. The number of amides is 1. The van der Waals surface area contributed by atoms with Gasteiger partial charge in [0.2, 0.25) is 5.91 Å². The minimum atomic E-state index is -0.663. The number of aliphatic hydroxyl groups excluding tert-OH is 1. The summed E-state index contributed by atoms with van der Waals surface area (Å²) in [5, 5.41) is 9.36. The van der Waals surface area contributed by atoms with Crippen LogP contribution in [0.15, 0.2) is 18.2 Å². The smallest absolute Gasteiger partial charge is 0.227 e. The van der Waals surface area contributed by atoms with Crippen LogP contribution in [0.1, 0.15) is 26.3 Å². The minimum Gasteiger partial charge on any atom is -0.392 e. The number of benzene rings is 1. The van der Waals surface area contributed by atoms with Crippen LogP contribution in [0.25, 0.3) is 0 Å². The quantitative estimate of drug-likeness (QED) is 0.891. The fourth-order valence-corrected chi connectivity index (χ4v) is 1.83. The minimum absolute atomic E-state index is 0.0289. The van der Waals surface area contributed by atoms with Gasteiger partial charge in [-0.05, 0) is 39.0 Å². The van der Waals surface area contributed by atoms with E-state index in [0.717, 1.165) is 18.2 Å². The fourth-order valence-electron chi connectivity index (χ4n) is 1.83. The Morgan fingerprint density at radius 1 is 1.32 bits per heavy atom. The molecule has 0 fully saturated rings. The first-order valence-electron chi connectivity index (χ1n) is 6.22. The summed E-state index contributed by atoms with van der Waals surface area (Å²) in [7, 11) is 0. The Hall–Kier alpha value is -1.49. The molecule has 0 aliphatic heterocycles. The molecule has 5 heteroatoms. The number of carbonyl (C=O) groups is 1. The van der Waals surface area contributed by atoms with Crippen LogP contribution < -0.4 is 0 Å². The second-order valence-electron chi connectivity index (χ2n) is 4.90. The van der Waals surface area contributed by atoms with Gasteiger partial charge in [-0.3, -0.25) is 4.79 Å². The molecule has 1 N–H and O–H groups in total. The van der Waals surface area contributed by atoms with Gasteiger partial charge >= 0.3 is 0 Å². The number of nitrogens with zero attached hydrogens (tertiary/aromatic N) is 1. The maximum Gasteiger partial charge on any atom is 0.227 e. The molecule has 0 heterocycles. The van der Waals surface area contributed by atoms with E-state index in [-0.39, 0.29) is 30.5 Å². The highest BCUT2D eigenvalue weighted by Crippen LogP contribution is 2.13. The Morgan fingerprint density at radius 2 is 1.95 bits per heavy atom. The lowest BCUT2D eigenvalue weighted by molar-refractivity contribution is -0.133. The van der Waals surface area contributed by atoms with E-state index in [0.29, 0.717) is 0 Å². The Kier molecular flexibility index (Phi) is 5.42. The molecular formula is C14H19F2NO2. The first kappa shape index (κ1) is 15.6. The first-order chi connectivity index (χ1) is 8.81. The van der Waals surface area contributed by atoms with E-state index in [9.17, 15) is 18.7 Å². The number of hydrogen-bond acceptors (Lipinski definition) is 2. The summed E-state index contributed by atoms with van der Waals surface area (Å²) in [4.78, 5) is 13.5. The molecule has 1 atom stereocenters. The van der Waals surface area contributed by atoms with Gasteiger partial charge in [-0.1, -0.05) is 0 Å². The molecule has 1 rings (SSSR count). The van der Waals surface area contributed by atoms with Gasteiger partial charge in [-0.25, -0.2) is 8.78 Å². The Labute approximate surface area is 111 Å². The highest BCUT2D eigenvalue weighted by molar-refractivity contribution is 5.79. The van der Waals surface area contributed by atoms with Crippen LogP contribution >= 0.6 is 0 Å². The molecule has 19 heavy (non-hydrogen) atoms. The van der Waals surface area contributed by atoms with E-state index in [1.165, 1.54) is 4.90 Å². The van der Waals surface area contributed by atoms with Gasteiger partial charge in [0.15, 0.2) is 0 Å². The predicted octanol–water partition coefficient (Wildman–Crippen LogP) is 2.13. The molecule has 106 valence electrons. The van der Waals surface area contributed by atoms with Crippen molar-refractivity contribution in [2.24, 2.45) is 0 Å². The van der Waals surface area contributed by atoms with E-state index in [4.69, 9.17) is 0 Å². The Balaban J connectivity index is 2.84. The lowest BCUT2D eigenvalue weighted by Crippen LogP contribution is -2.42. The number of aliphatic hydroxyl groups is 1. The van der Waals surface area contributed by atoms with Gasteiger partial charge in [0.1, 0.15) is 11.6 Å². The normalized spacial score (nSPS) is 12.6. The second-order valence-corrected chi connectivity index (χ2v) is 4.90. The molecule has 0 aromatic heterocycles. The summed E-state index contributed by atoms with van der Waals surface area (Å²) in [6.07, 6.45) is -0.877. The summed E-state index contributed by atoms with van der Waals surface area (Å²) < 4.78 is 26.5. The van der Waals surface area contributed by atoms with Gasteiger partial charge in [0.25, 0.3) is 0 Å². The summed E-state index contributed by atoms with van der Waals surface area (Å²) in [5.41, 5.74) is 0.0289. The fraction of sp³-hybridized carbons (Fsp3) is 0.500. The van der Waals surface area contributed by atoms with Crippen LogP contribution in [-0.4, -0.2) is 34.6 Å². The average molecular weight is 271 g/mol. The van der Waals surface area contributed by atoms with Crippen molar-refractivity contribution >= 4 is 5.91 Å². The third-order valence-electron chi connectivity index (χ3n) is 2.75. The first-order valence-corrected chi connectivity index (χ1v) is 6.22. The van der Waals surface area contributed by atoms with Crippen LogP contribution in [-0.2, 0) is 11.2 Å². The van der Waals surface area contributed by atoms with Crippen LogP contribution in [0.3, 0.4) is 0 Å². The SMILES string of the molecule is CC(O)CN(C(=O)Cc1cc(F)ccc1F)C(C)C. The molecule has 0 saturated heterocycles. The summed E-state index contributed by atoms with van der Waals surface area (Å²) in [5.74, 6) is -1.51. The highest BCUT2D eigenvalue weighted by atomic mass is 19.1. The summed E-state index contributed by atoms with van der Waals surface area (Å²) in [6, 6.07) is 2.93. The lowest BCUT2D eigenvalue weighted by atomic mass is 10.1. The molecule has 0 bridgehead atoms. The zero-order valence-corrected chi connectivity index (χ0v) is 11.4. The third kappa shape index (κ3) is 4.59. The van der Waals surface area contributed by atoms with Gasteiger partial charge in [-0.15, -0.1) is 0 Å². The van der Waals surface area contributed by atoms with E-state index in [1.54, 1.807) is 6.92 Å². The predicted molar refractivity (Wildman–Crippen MR) is 68.6 cm³/mol. The summed E-state index contributed by atoms with van der Waals surface area (Å²) >= 11 is 0. The average Bonchev–Trinajstić information content (AvgIpc) is 2.30. The maximum atomic E-state index is 13.5. The molecule has 1 aromatic rings. The molecular weight excluding hydrogens is 252 g/mol. The Bertz CT molecular complexity index is 447. The van der Waals surface area contributed by atoms with Crippen molar-refractivity contribution in [1.29, 1.82) is 0 Å². The van der Waals surface area contributed by atoms with Gasteiger partial charge in [0, 0.05) is 18.2 Å². The number of halogens is 2. The third-order valence-corrected chi connectivity index (χ3v) is 2.75. The molecule has 1 amide bonds. The second kappa shape index (κ2) is 6.61. The molecule has 3 nitrogen and oxygen atoms in total. The van der Waals surface area contributed by atoms with Crippen LogP contribution in [0.5, 0.6) is 0 Å². The van der Waals surface area contributed by atoms with Gasteiger partial charge in [0.05, 0.1) is 12.5 Å². The van der Waals surface area contributed by atoms with Crippen molar-refractivity contribution in [2.75, 3.05) is 6.54 Å². The van der Waals surface area contributed by atoms with Gasteiger partial charge < -0.3 is 10.0 Å². The van der Waals surface area contributed by atoms with Crippen molar-refractivity contribution in [3.63, 3.8) is 0 Å². The topological polar surface area (TPSA) is 40.5 Å². The number of hydrogen-bond donors (Lipinski definition) is 1. The maximum absolute atomic E-state index is 13.5. The van der Waals surface area contributed by atoms with Crippen LogP contribution in [0, 0.1) is 11.6 Å². The number of rotatable bonds is 5. The molecule has 1 unspecified atom stereocenters. The number of carbonyl (C=O) groups excluding carboxylic acids is 1. The van der Waals surface area contributed by atoms with Crippen LogP contribution in [0.2, 0.25) is 0 Å². The van der Waals surface area contributed by atoms with E-state index in [1.807, 2.05) is 13.8 Å². The van der Waals surface area contributed by atoms with Crippen molar-refractivity contribution in [3.05, 3.63) is 35.4 Å². The zero-order chi connectivity index (χ0) is 14.6. The van der Waals surface area contributed by atoms with E-state index in [2.05, 4.69) is 0 Å². The Morgan fingerprint density at radius 3 is 2.47 bits per heavy atom. The lowest BCUT2D eigenvalue weighted by Gasteiger charge is -2.28. The molecule has 0 aliphatic carbocycles. The zero-order valence-electron chi connectivity index (χ0n) is 11.4. The van der Waals surface area contributed by atoms with Crippen molar-refractivity contribution in [3.8, 4) is 0 Å². The largest absolute Gasteiger partial charge is 0.392 e. The summed E-state index contributed by atoms with van der Waals surface area (Å²) in [6.45, 7) is 5.36. The molecule has 0 spiro atoms. The molecule has 0 radical (unpaired) electrons. The van der Waals surface area contributed by atoms with E-state index < -0.39 is 17.7 Å².